The van der Waals surface area contributed by atoms with Crippen molar-refractivity contribution in [3.05, 3.63) is 45.7 Å². The number of nitrogen functional groups attached to an aromatic ring is 1. The average Bonchev–Trinajstić information content (AvgIpc) is 2.89. The third kappa shape index (κ3) is 3.19. The lowest BCUT2D eigenvalue weighted by Gasteiger charge is -2.31. The highest BCUT2D eigenvalue weighted by atomic mass is 16.6. The molecule has 1 saturated carbocycles. The van der Waals surface area contributed by atoms with Gasteiger partial charge in [0.25, 0.3) is 5.69 Å². The van der Waals surface area contributed by atoms with Crippen LogP contribution in [0, 0.1) is 26.9 Å². The van der Waals surface area contributed by atoms with E-state index in [1.807, 2.05) is 19.9 Å². The Labute approximate surface area is 154 Å². The van der Waals surface area contributed by atoms with Crippen LogP contribution in [0.4, 0.5) is 11.6 Å². The number of hydrogen-bond donors (Lipinski definition) is 1. The van der Waals surface area contributed by atoms with E-state index in [9.17, 15) is 25.0 Å². The summed E-state index contributed by atoms with van der Waals surface area (Å²) in [5.41, 5.74) is 5.89. The number of nitrogens with two attached hydrogens (primary N) is 1. The van der Waals surface area contributed by atoms with Crippen molar-refractivity contribution >= 4 is 23.1 Å². The number of hydrogen-bond acceptors (Lipinski definition) is 7. The van der Waals surface area contributed by atoms with Crippen molar-refractivity contribution in [2.75, 3.05) is 5.73 Å². The number of nitro benzene ring substituents is 1. The van der Waals surface area contributed by atoms with Crippen LogP contribution in [0.5, 0.6) is 0 Å². The van der Waals surface area contributed by atoms with Crippen LogP contribution in [0.2, 0.25) is 0 Å². The Morgan fingerprint density at radius 3 is 2.26 bits per heavy atom. The van der Waals surface area contributed by atoms with Gasteiger partial charge in [-0.3, -0.25) is 19.7 Å². The second-order valence-corrected chi connectivity index (χ2v) is 7.38. The number of Topliss-reactive ketones (excluding diaryl/α,β-unsaturated/α-hetero) is 2. The Morgan fingerprint density at radius 2 is 1.78 bits per heavy atom. The molecule has 1 fully saturated rings. The summed E-state index contributed by atoms with van der Waals surface area (Å²) in [5, 5.41) is 20.3. The summed E-state index contributed by atoms with van der Waals surface area (Å²) < 4.78 is 5.50. The van der Waals surface area contributed by atoms with Gasteiger partial charge in [-0.15, -0.1) is 0 Å². The van der Waals surface area contributed by atoms with Gasteiger partial charge in [0, 0.05) is 30.5 Å². The molecule has 0 aliphatic heterocycles. The van der Waals surface area contributed by atoms with Crippen molar-refractivity contribution in [1.82, 2.24) is 0 Å². The first kappa shape index (κ1) is 18.3. The summed E-state index contributed by atoms with van der Waals surface area (Å²) in [7, 11) is 0. The highest BCUT2D eigenvalue weighted by Gasteiger charge is 2.44. The number of nitrogens with zero attached hydrogens (tertiary/aromatic N) is 2. The molecule has 0 spiro atoms. The molecule has 8 nitrogen and oxygen atoms in total. The quantitative estimate of drug-likeness (QED) is 0.498. The Kier molecular flexibility index (Phi) is 4.31. The number of rotatable bonds is 3. The Morgan fingerprint density at radius 1 is 1.22 bits per heavy atom. The molecular weight excluding hydrogens is 350 g/mol. The molecule has 0 bridgehead atoms. The Hall–Kier alpha value is -3.47. The van der Waals surface area contributed by atoms with Gasteiger partial charge in [0.05, 0.1) is 4.92 Å². The van der Waals surface area contributed by atoms with E-state index in [0.717, 1.165) is 0 Å². The maximum Gasteiger partial charge on any atom is 0.269 e. The fraction of sp³-hybridized carbons (Fsp3) is 0.316. The number of carbonyl (C=O) groups is 2. The summed E-state index contributed by atoms with van der Waals surface area (Å²) in [6.07, 6.45) is 0.400. The van der Waals surface area contributed by atoms with Gasteiger partial charge in [0.2, 0.25) is 5.88 Å². The van der Waals surface area contributed by atoms with E-state index in [1.165, 1.54) is 24.3 Å². The topological polar surface area (TPSA) is 140 Å². The number of furan rings is 1. The molecule has 3 rings (SSSR count). The summed E-state index contributed by atoms with van der Waals surface area (Å²) in [6.45, 7) is 3.68. The number of nitriles is 1. The minimum atomic E-state index is -1.13. The first-order chi connectivity index (χ1) is 12.6. The van der Waals surface area contributed by atoms with E-state index in [4.69, 9.17) is 10.2 Å². The van der Waals surface area contributed by atoms with Gasteiger partial charge in [-0.2, -0.15) is 5.26 Å². The lowest BCUT2D eigenvalue weighted by molar-refractivity contribution is -0.384. The zero-order chi connectivity index (χ0) is 19.9. The van der Waals surface area contributed by atoms with E-state index in [-0.39, 0.29) is 52.9 Å². The highest BCUT2D eigenvalue weighted by Crippen LogP contribution is 2.44. The van der Waals surface area contributed by atoms with Crippen LogP contribution in [-0.4, -0.2) is 16.5 Å². The summed E-state index contributed by atoms with van der Waals surface area (Å²) in [4.78, 5) is 35.6. The number of anilines is 1. The van der Waals surface area contributed by atoms with Crippen molar-refractivity contribution in [1.29, 1.82) is 5.26 Å². The molecule has 8 heteroatoms. The molecule has 1 heterocycles. The lowest BCUT2D eigenvalue weighted by atomic mass is 9.70. The van der Waals surface area contributed by atoms with Crippen LogP contribution in [-0.2, 0) is 9.59 Å². The van der Waals surface area contributed by atoms with Gasteiger partial charge in [0.1, 0.15) is 23.3 Å². The maximum atomic E-state index is 12.7. The minimum absolute atomic E-state index is 0.00397. The molecule has 1 aliphatic rings. The third-order valence-corrected chi connectivity index (χ3v) is 4.65. The number of carbonyl (C=O) groups excluding carboxylic acids is 2. The van der Waals surface area contributed by atoms with Crippen LogP contribution < -0.4 is 5.73 Å². The number of nitro groups is 1. The van der Waals surface area contributed by atoms with E-state index < -0.39 is 16.3 Å². The summed E-state index contributed by atoms with van der Waals surface area (Å²) >= 11 is 0. The van der Waals surface area contributed by atoms with Gasteiger partial charge < -0.3 is 10.2 Å². The van der Waals surface area contributed by atoms with Crippen molar-refractivity contribution < 1.29 is 18.9 Å². The van der Waals surface area contributed by atoms with Gasteiger partial charge in [-0.25, -0.2) is 0 Å². The molecular formula is C19H17N3O5. The van der Waals surface area contributed by atoms with Gasteiger partial charge in [0.15, 0.2) is 11.6 Å². The third-order valence-electron chi connectivity index (χ3n) is 4.65. The maximum absolute atomic E-state index is 12.7. The Balaban J connectivity index is 2.15. The molecule has 1 aliphatic carbocycles. The van der Waals surface area contributed by atoms with Crippen LogP contribution in [0.25, 0.3) is 11.1 Å². The fourth-order valence-corrected chi connectivity index (χ4v) is 3.50. The summed E-state index contributed by atoms with van der Waals surface area (Å²) in [5.74, 6) is -1.88. The zero-order valence-corrected chi connectivity index (χ0v) is 14.8. The van der Waals surface area contributed by atoms with Crippen molar-refractivity contribution in [3.8, 4) is 17.2 Å². The zero-order valence-electron chi connectivity index (χ0n) is 14.8. The average molecular weight is 367 g/mol. The number of benzene rings is 1. The predicted molar refractivity (Wildman–Crippen MR) is 95.7 cm³/mol. The van der Waals surface area contributed by atoms with Crippen molar-refractivity contribution in [2.45, 2.75) is 32.6 Å². The van der Waals surface area contributed by atoms with E-state index >= 15 is 0 Å². The molecule has 0 amide bonds. The monoisotopic (exact) mass is 367 g/mol. The smallest absolute Gasteiger partial charge is 0.269 e. The molecule has 1 aromatic carbocycles. The molecule has 27 heavy (non-hydrogen) atoms. The molecule has 2 N–H and O–H groups in total. The molecule has 138 valence electrons. The van der Waals surface area contributed by atoms with Crippen molar-refractivity contribution in [2.24, 2.45) is 5.41 Å². The Bertz CT molecular complexity index is 976. The molecule has 1 aromatic heterocycles. The SMILES string of the molecule is CC1(C)CC(=O)C(c2oc(N)c(C#N)c2-c2ccc([N+](=O)[O-])cc2)C(=O)C1. The minimum Gasteiger partial charge on any atom is -0.443 e. The second kappa shape index (κ2) is 6.36. The first-order valence-electron chi connectivity index (χ1n) is 8.27. The number of non-ortho nitro benzene ring substituents is 1. The molecule has 0 atom stereocenters. The van der Waals surface area contributed by atoms with Crippen molar-refractivity contribution in [3.63, 3.8) is 0 Å². The molecule has 0 unspecified atom stereocenters. The van der Waals surface area contributed by atoms with E-state index in [2.05, 4.69) is 0 Å². The first-order valence-corrected chi connectivity index (χ1v) is 8.27. The van der Waals surface area contributed by atoms with E-state index in [1.54, 1.807) is 0 Å². The van der Waals surface area contributed by atoms with E-state index in [0.29, 0.717) is 5.56 Å². The van der Waals surface area contributed by atoms with Crippen LogP contribution >= 0.6 is 0 Å². The summed E-state index contributed by atoms with van der Waals surface area (Å²) in [6, 6.07) is 7.36. The van der Waals surface area contributed by atoms with Crippen LogP contribution in [0.3, 0.4) is 0 Å². The predicted octanol–water partition coefficient (Wildman–Crippen LogP) is 3.35. The second-order valence-electron chi connectivity index (χ2n) is 7.38. The van der Waals surface area contributed by atoms with Gasteiger partial charge in [-0.1, -0.05) is 13.8 Å². The van der Waals surface area contributed by atoms with Crippen LogP contribution in [0.1, 0.15) is 43.9 Å². The molecule has 0 saturated heterocycles. The largest absolute Gasteiger partial charge is 0.443 e. The standard InChI is InChI=1S/C19H17N3O5/c1-19(2)7-13(23)16(14(24)8-19)17-15(12(9-20)18(21)27-17)10-3-5-11(6-4-10)22(25)26/h3-6,16H,7-8,21H2,1-2H3. The van der Waals surface area contributed by atoms with Gasteiger partial charge in [-0.05, 0) is 23.1 Å². The number of ketones is 2. The fourth-order valence-electron chi connectivity index (χ4n) is 3.50. The normalized spacial score (nSPS) is 16.9. The molecule has 2 aromatic rings. The van der Waals surface area contributed by atoms with Gasteiger partial charge >= 0.3 is 0 Å². The van der Waals surface area contributed by atoms with Crippen LogP contribution in [0.15, 0.2) is 28.7 Å². The highest BCUT2D eigenvalue weighted by molar-refractivity contribution is 6.11. The lowest BCUT2D eigenvalue weighted by Crippen LogP contribution is -2.36. The molecule has 0 radical (unpaired) electrons.